The smallest absolute Gasteiger partial charge is 0.185 e. The number of carbonyl (C=O) groups is 1. The fourth-order valence-corrected chi connectivity index (χ4v) is 4.02. The highest BCUT2D eigenvalue weighted by Crippen LogP contribution is 2.59. The first kappa shape index (κ1) is 19.0. The van der Waals surface area contributed by atoms with Crippen molar-refractivity contribution in [2.75, 3.05) is 7.11 Å². The number of hydrogen-bond donors (Lipinski definition) is 0. The van der Waals surface area contributed by atoms with Crippen molar-refractivity contribution in [2.24, 2.45) is 22.7 Å². The molecule has 0 aliphatic heterocycles. The number of carbonyl (C=O) groups excluding carboxylic acids is 1. The lowest BCUT2D eigenvalue weighted by Crippen LogP contribution is -2.56. The highest BCUT2D eigenvalue weighted by atomic mass is 16.5. The van der Waals surface area contributed by atoms with E-state index in [0.29, 0.717) is 11.3 Å². The number of hydrogen-bond acceptors (Lipinski definition) is 6. The zero-order valence-corrected chi connectivity index (χ0v) is 14.9. The lowest BCUT2D eigenvalue weighted by Gasteiger charge is -2.47. The number of ether oxygens (including phenoxy) is 1. The van der Waals surface area contributed by atoms with E-state index in [1.807, 2.05) is 24.3 Å². The molecule has 1 saturated carbocycles. The number of methoxy groups -OCH3 is 1. The third-order valence-electron chi connectivity index (χ3n) is 5.25. The van der Waals surface area contributed by atoms with Gasteiger partial charge in [0.15, 0.2) is 10.8 Å². The minimum atomic E-state index is -2.04. The van der Waals surface area contributed by atoms with E-state index >= 15 is 0 Å². The van der Waals surface area contributed by atoms with Crippen molar-refractivity contribution >= 4 is 5.78 Å². The molecule has 0 spiro atoms. The molecule has 6 nitrogen and oxygen atoms in total. The maximum Gasteiger partial charge on any atom is 0.185 e. The topological polar surface area (TPSA) is 121 Å². The monoisotopic (exact) mass is 346 g/mol. The van der Waals surface area contributed by atoms with Gasteiger partial charge in [-0.15, -0.1) is 0 Å². The van der Waals surface area contributed by atoms with Crippen molar-refractivity contribution in [3.8, 4) is 30.0 Å². The van der Waals surface area contributed by atoms with E-state index < -0.39 is 22.7 Å². The van der Waals surface area contributed by atoms with Crippen LogP contribution in [0.5, 0.6) is 5.75 Å². The Hall–Kier alpha value is -3.35. The van der Waals surface area contributed by atoms with Gasteiger partial charge in [0.05, 0.1) is 37.3 Å². The van der Waals surface area contributed by atoms with E-state index in [2.05, 4.69) is 0 Å². The zero-order chi connectivity index (χ0) is 19.5. The summed E-state index contributed by atoms with van der Waals surface area (Å²) in [5.74, 6) is -1.90. The first-order valence-corrected chi connectivity index (χ1v) is 8.19. The lowest BCUT2D eigenvalue weighted by molar-refractivity contribution is -0.133. The standard InChI is InChI=1S/C20H18N4O2/c1-13(2)18-17(25)8-16(14-4-6-15(26-3)7-5-14)19(9-21,10-22)20(18,11-23)12-24/h4-7,13,16,18H,8H2,1-3H3. The molecule has 0 heterocycles. The van der Waals surface area contributed by atoms with Crippen LogP contribution in [0.3, 0.4) is 0 Å². The van der Waals surface area contributed by atoms with Crippen LogP contribution >= 0.6 is 0 Å². The second kappa shape index (κ2) is 6.87. The molecule has 1 fully saturated rings. The third-order valence-corrected chi connectivity index (χ3v) is 5.25. The fourth-order valence-electron chi connectivity index (χ4n) is 4.02. The molecule has 1 aliphatic carbocycles. The summed E-state index contributed by atoms with van der Waals surface area (Å²) in [4.78, 5) is 12.8. The lowest BCUT2D eigenvalue weighted by atomic mass is 9.46. The number of benzene rings is 1. The molecule has 0 radical (unpaired) electrons. The molecular weight excluding hydrogens is 328 g/mol. The quantitative estimate of drug-likeness (QED) is 0.829. The van der Waals surface area contributed by atoms with Crippen molar-refractivity contribution < 1.29 is 9.53 Å². The number of Topliss-reactive ketones (excluding diaryl/α,β-unsaturated/α-hetero) is 1. The van der Waals surface area contributed by atoms with Crippen LogP contribution in [-0.4, -0.2) is 12.9 Å². The Morgan fingerprint density at radius 1 is 1.00 bits per heavy atom. The van der Waals surface area contributed by atoms with Gasteiger partial charge in [0, 0.05) is 12.3 Å². The van der Waals surface area contributed by atoms with Crippen LogP contribution in [0, 0.1) is 68.0 Å². The van der Waals surface area contributed by atoms with Gasteiger partial charge in [0.25, 0.3) is 0 Å². The van der Waals surface area contributed by atoms with Crippen molar-refractivity contribution in [3.05, 3.63) is 29.8 Å². The minimum absolute atomic E-state index is 0.0681. The third kappa shape index (κ3) is 2.40. The Labute approximate surface area is 152 Å². The van der Waals surface area contributed by atoms with Gasteiger partial charge in [-0.05, 0) is 23.6 Å². The van der Waals surface area contributed by atoms with E-state index in [1.54, 1.807) is 38.1 Å². The van der Waals surface area contributed by atoms with Gasteiger partial charge in [-0.2, -0.15) is 21.0 Å². The number of ketones is 1. The van der Waals surface area contributed by atoms with Crippen LogP contribution in [0.25, 0.3) is 0 Å². The molecule has 0 amide bonds. The molecule has 2 rings (SSSR count). The van der Waals surface area contributed by atoms with Crippen molar-refractivity contribution in [2.45, 2.75) is 26.2 Å². The number of rotatable bonds is 3. The molecule has 1 aliphatic rings. The molecule has 0 N–H and O–H groups in total. The first-order chi connectivity index (χ1) is 12.4. The van der Waals surface area contributed by atoms with Crippen LogP contribution in [-0.2, 0) is 4.79 Å². The van der Waals surface area contributed by atoms with Crippen LogP contribution in [0.15, 0.2) is 24.3 Å². The van der Waals surface area contributed by atoms with Crippen LogP contribution < -0.4 is 4.74 Å². The van der Waals surface area contributed by atoms with E-state index in [9.17, 15) is 25.8 Å². The Kier molecular flexibility index (Phi) is 5.02. The molecule has 0 saturated heterocycles. The van der Waals surface area contributed by atoms with Gasteiger partial charge in [-0.25, -0.2) is 0 Å². The number of nitrogens with zero attached hydrogens (tertiary/aromatic N) is 4. The van der Waals surface area contributed by atoms with E-state index in [-0.39, 0.29) is 18.1 Å². The second-order valence-electron chi connectivity index (χ2n) is 6.78. The molecule has 1 aromatic rings. The minimum Gasteiger partial charge on any atom is -0.497 e. The van der Waals surface area contributed by atoms with Crippen molar-refractivity contribution in [3.63, 3.8) is 0 Å². The summed E-state index contributed by atoms with van der Waals surface area (Å²) in [6.45, 7) is 3.44. The van der Waals surface area contributed by atoms with Crippen LogP contribution in [0.2, 0.25) is 0 Å². The van der Waals surface area contributed by atoms with Gasteiger partial charge in [0.1, 0.15) is 11.5 Å². The van der Waals surface area contributed by atoms with Crippen molar-refractivity contribution in [1.82, 2.24) is 0 Å². The SMILES string of the molecule is COc1ccc(C2CC(=O)C(C(C)C)C(C#N)(C#N)C2(C#N)C#N)cc1. The van der Waals surface area contributed by atoms with Gasteiger partial charge >= 0.3 is 0 Å². The van der Waals surface area contributed by atoms with Gasteiger partial charge in [-0.1, -0.05) is 26.0 Å². The van der Waals surface area contributed by atoms with Gasteiger partial charge in [0.2, 0.25) is 0 Å². The first-order valence-electron chi connectivity index (χ1n) is 8.19. The van der Waals surface area contributed by atoms with Crippen LogP contribution in [0.4, 0.5) is 0 Å². The highest BCUT2D eigenvalue weighted by Gasteiger charge is 2.68. The summed E-state index contributed by atoms with van der Waals surface area (Å²) >= 11 is 0. The summed E-state index contributed by atoms with van der Waals surface area (Å²) in [5.41, 5.74) is -3.43. The molecule has 2 unspecified atom stereocenters. The predicted molar refractivity (Wildman–Crippen MR) is 91.0 cm³/mol. The van der Waals surface area contributed by atoms with Gasteiger partial charge in [-0.3, -0.25) is 4.79 Å². The fraction of sp³-hybridized carbons (Fsp3) is 0.450. The average molecular weight is 346 g/mol. The molecule has 0 bridgehead atoms. The van der Waals surface area contributed by atoms with E-state index in [4.69, 9.17) is 4.74 Å². The Bertz CT molecular complexity index is 847. The molecule has 6 heteroatoms. The summed E-state index contributed by atoms with van der Waals surface area (Å²) in [5, 5.41) is 39.6. The predicted octanol–water partition coefficient (Wildman–Crippen LogP) is 3.09. The maximum atomic E-state index is 12.8. The molecule has 130 valence electrons. The summed E-state index contributed by atoms with van der Waals surface area (Å²) < 4.78 is 5.11. The van der Waals surface area contributed by atoms with Crippen LogP contribution in [0.1, 0.15) is 31.7 Å². The summed E-state index contributed by atoms with van der Waals surface area (Å²) in [7, 11) is 1.51. The second-order valence-corrected chi connectivity index (χ2v) is 6.78. The molecule has 26 heavy (non-hydrogen) atoms. The van der Waals surface area contributed by atoms with Gasteiger partial charge < -0.3 is 4.74 Å². The zero-order valence-electron chi connectivity index (χ0n) is 14.9. The van der Waals surface area contributed by atoms with E-state index in [0.717, 1.165) is 0 Å². The molecular formula is C20H18N4O2. The maximum absolute atomic E-state index is 12.8. The molecule has 0 aromatic heterocycles. The summed E-state index contributed by atoms with van der Waals surface area (Å²) in [6, 6.07) is 14.3. The van der Waals surface area contributed by atoms with Crippen molar-refractivity contribution in [1.29, 1.82) is 21.0 Å². The largest absolute Gasteiger partial charge is 0.497 e. The number of nitriles is 4. The Morgan fingerprint density at radius 2 is 1.50 bits per heavy atom. The highest BCUT2D eigenvalue weighted by molar-refractivity contribution is 5.87. The Balaban J connectivity index is 2.77. The summed E-state index contributed by atoms with van der Waals surface area (Å²) in [6.07, 6.45) is -0.0681. The molecule has 2 atom stereocenters. The van der Waals surface area contributed by atoms with E-state index in [1.165, 1.54) is 7.11 Å². The normalized spacial score (nSPS) is 23.2. The molecule has 1 aromatic carbocycles. The average Bonchev–Trinajstić information content (AvgIpc) is 2.66. The Morgan fingerprint density at radius 3 is 1.88 bits per heavy atom.